The number of anilines is 2. The number of carbonyl (C=O) groups excluding carboxylic acids is 1. The third-order valence-electron chi connectivity index (χ3n) is 4.56. The number of hydrogen-bond acceptors (Lipinski definition) is 6. The van der Waals surface area contributed by atoms with Gasteiger partial charge in [-0.3, -0.25) is 4.79 Å². The number of carbonyl (C=O) groups is 1. The highest BCUT2D eigenvalue weighted by Crippen LogP contribution is 2.20. The summed E-state index contributed by atoms with van der Waals surface area (Å²) in [7, 11) is 0. The molecule has 0 unspecified atom stereocenters. The number of rotatable bonds is 4. The van der Waals surface area contributed by atoms with E-state index in [2.05, 4.69) is 39.1 Å². The summed E-state index contributed by atoms with van der Waals surface area (Å²) < 4.78 is 7.40. The summed E-state index contributed by atoms with van der Waals surface area (Å²) >= 11 is 0. The lowest BCUT2D eigenvalue weighted by atomic mass is 10.2. The average Bonchev–Trinajstić information content (AvgIpc) is 3.23. The Morgan fingerprint density at radius 2 is 1.86 bits per heavy atom. The molecule has 28 heavy (non-hydrogen) atoms. The van der Waals surface area contributed by atoms with Gasteiger partial charge in [0.25, 0.3) is 5.91 Å². The monoisotopic (exact) mass is 378 g/mol. The molecule has 1 saturated heterocycles. The number of amides is 1. The number of ether oxygens (including phenoxy) is 1. The van der Waals surface area contributed by atoms with Crippen molar-refractivity contribution in [2.45, 2.75) is 26.1 Å². The van der Waals surface area contributed by atoms with Crippen LogP contribution in [0.3, 0.4) is 0 Å². The van der Waals surface area contributed by atoms with Crippen LogP contribution in [-0.2, 0) is 4.74 Å². The Kier molecular flexibility index (Phi) is 5.03. The molecule has 2 aromatic heterocycles. The van der Waals surface area contributed by atoms with E-state index in [0.717, 1.165) is 24.6 Å². The Labute approximate surface area is 163 Å². The first-order valence-corrected chi connectivity index (χ1v) is 9.21. The third kappa shape index (κ3) is 4.01. The molecule has 1 amide bonds. The molecule has 1 N–H and O–H groups in total. The normalized spacial score (nSPS) is 19.4. The molecule has 2 atom stereocenters. The zero-order chi connectivity index (χ0) is 19.5. The number of morpholine rings is 1. The number of hydrogen-bond donors (Lipinski definition) is 1. The number of aromatic nitrogens is 4. The van der Waals surface area contributed by atoms with Crippen LogP contribution in [0.15, 0.2) is 55.2 Å². The lowest BCUT2D eigenvalue weighted by Gasteiger charge is -2.36. The molecule has 0 aliphatic carbocycles. The van der Waals surface area contributed by atoms with Gasteiger partial charge in [0, 0.05) is 18.7 Å². The summed E-state index contributed by atoms with van der Waals surface area (Å²) in [6.45, 7) is 5.74. The Morgan fingerprint density at radius 1 is 1.11 bits per heavy atom. The minimum atomic E-state index is -0.187. The number of benzene rings is 1. The fourth-order valence-corrected chi connectivity index (χ4v) is 3.32. The third-order valence-corrected chi connectivity index (χ3v) is 4.56. The second-order valence-corrected chi connectivity index (χ2v) is 6.91. The maximum Gasteiger partial charge on any atom is 0.255 e. The van der Waals surface area contributed by atoms with E-state index in [1.54, 1.807) is 29.3 Å². The summed E-state index contributed by atoms with van der Waals surface area (Å²) in [6, 6.07) is 11.0. The van der Waals surface area contributed by atoms with Gasteiger partial charge in [-0.05, 0) is 50.2 Å². The fraction of sp³-hybridized carbons (Fsp3) is 0.300. The van der Waals surface area contributed by atoms with Crippen LogP contribution in [0.5, 0.6) is 0 Å². The largest absolute Gasteiger partial charge is 0.372 e. The molecule has 0 bridgehead atoms. The SMILES string of the molecule is C[C@H]1CN(c2ccc(NC(=O)c3ccc(-n4cncn4)cc3)cn2)C[C@H](C)O1. The highest BCUT2D eigenvalue weighted by molar-refractivity contribution is 6.04. The Bertz CT molecular complexity index is 914. The van der Waals surface area contributed by atoms with E-state index in [4.69, 9.17) is 4.74 Å². The van der Waals surface area contributed by atoms with Crippen molar-refractivity contribution in [3.05, 3.63) is 60.8 Å². The molecule has 144 valence electrons. The highest BCUT2D eigenvalue weighted by Gasteiger charge is 2.23. The molecule has 8 nitrogen and oxygen atoms in total. The molecule has 3 heterocycles. The van der Waals surface area contributed by atoms with Gasteiger partial charge in [-0.15, -0.1) is 0 Å². The lowest BCUT2D eigenvalue weighted by molar-refractivity contribution is -0.00545. The van der Waals surface area contributed by atoms with Gasteiger partial charge in [0.1, 0.15) is 18.5 Å². The number of nitrogens with one attached hydrogen (secondary N) is 1. The van der Waals surface area contributed by atoms with Gasteiger partial charge in [0.05, 0.1) is 29.8 Å². The molecule has 3 aromatic rings. The van der Waals surface area contributed by atoms with Crippen LogP contribution in [-0.4, -0.2) is 51.0 Å². The molecule has 1 aliphatic heterocycles. The summed E-state index contributed by atoms with van der Waals surface area (Å²) in [6.07, 6.45) is 5.10. The predicted octanol–water partition coefficient (Wildman–Crippen LogP) is 2.53. The van der Waals surface area contributed by atoms with Crippen molar-refractivity contribution in [1.82, 2.24) is 19.7 Å². The van der Waals surface area contributed by atoms with Gasteiger partial charge >= 0.3 is 0 Å². The van der Waals surface area contributed by atoms with Gasteiger partial charge < -0.3 is 15.0 Å². The lowest BCUT2D eigenvalue weighted by Crippen LogP contribution is -2.45. The summed E-state index contributed by atoms with van der Waals surface area (Å²) in [4.78, 5) is 23.1. The van der Waals surface area contributed by atoms with Crippen molar-refractivity contribution in [2.24, 2.45) is 0 Å². The molecule has 0 spiro atoms. The maximum atomic E-state index is 12.5. The molecule has 8 heteroatoms. The van der Waals surface area contributed by atoms with Gasteiger partial charge in [-0.25, -0.2) is 14.6 Å². The van der Waals surface area contributed by atoms with Crippen LogP contribution in [0.25, 0.3) is 5.69 Å². The quantitative estimate of drug-likeness (QED) is 0.751. The van der Waals surface area contributed by atoms with E-state index >= 15 is 0 Å². The minimum absolute atomic E-state index is 0.172. The van der Waals surface area contributed by atoms with E-state index < -0.39 is 0 Å². The molecular weight excluding hydrogens is 356 g/mol. The minimum Gasteiger partial charge on any atom is -0.372 e. The average molecular weight is 378 g/mol. The van der Waals surface area contributed by atoms with Gasteiger partial charge in [0.2, 0.25) is 0 Å². The predicted molar refractivity (Wildman–Crippen MR) is 106 cm³/mol. The van der Waals surface area contributed by atoms with E-state index in [1.165, 1.54) is 6.33 Å². The molecule has 1 aliphatic rings. The van der Waals surface area contributed by atoms with E-state index in [0.29, 0.717) is 11.3 Å². The topological polar surface area (TPSA) is 85.2 Å². The second kappa shape index (κ2) is 7.77. The first-order chi connectivity index (χ1) is 13.6. The van der Waals surface area contributed by atoms with Gasteiger partial charge in [0.15, 0.2) is 0 Å². The highest BCUT2D eigenvalue weighted by atomic mass is 16.5. The number of nitrogens with zero attached hydrogens (tertiary/aromatic N) is 5. The van der Waals surface area contributed by atoms with Gasteiger partial charge in [-0.1, -0.05) is 0 Å². The zero-order valence-electron chi connectivity index (χ0n) is 15.8. The fourth-order valence-electron chi connectivity index (χ4n) is 3.32. The van der Waals surface area contributed by atoms with Gasteiger partial charge in [-0.2, -0.15) is 5.10 Å². The summed E-state index contributed by atoms with van der Waals surface area (Å²) in [5.41, 5.74) is 2.06. The van der Waals surface area contributed by atoms with E-state index in [-0.39, 0.29) is 18.1 Å². The van der Waals surface area contributed by atoms with Crippen LogP contribution in [0.1, 0.15) is 24.2 Å². The summed E-state index contributed by atoms with van der Waals surface area (Å²) in [5.74, 6) is 0.700. The van der Waals surface area contributed by atoms with Crippen molar-refractivity contribution in [2.75, 3.05) is 23.3 Å². The van der Waals surface area contributed by atoms with Crippen LogP contribution < -0.4 is 10.2 Å². The molecule has 1 aromatic carbocycles. The van der Waals surface area contributed by atoms with Crippen molar-refractivity contribution in [1.29, 1.82) is 0 Å². The first-order valence-electron chi connectivity index (χ1n) is 9.21. The Morgan fingerprint density at radius 3 is 2.46 bits per heavy atom. The molecule has 4 rings (SSSR count). The Balaban J connectivity index is 1.40. The Hall–Kier alpha value is -3.26. The van der Waals surface area contributed by atoms with Crippen LogP contribution in [0.2, 0.25) is 0 Å². The van der Waals surface area contributed by atoms with Crippen LogP contribution >= 0.6 is 0 Å². The first kappa shape index (κ1) is 18.1. The van der Waals surface area contributed by atoms with Crippen molar-refractivity contribution < 1.29 is 9.53 Å². The molecular formula is C20H22N6O2. The van der Waals surface area contributed by atoms with Crippen LogP contribution in [0.4, 0.5) is 11.5 Å². The van der Waals surface area contributed by atoms with Crippen molar-refractivity contribution in [3.8, 4) is 5.69 Å². The standard InChI is InChI=1S/C20H22N6O2/c1-14-10-25(11-15(2)28-14)19-8-5-17(9-22-19)24-20(27)16-3-6-18(7-4-16)26-13-21-12-23-26/h3-9,12-15H,10-11H2,1-2H3,(H,24,27)/t14-,15-/m0/s1. The molecule has 1 fully saturated rings. The van der Waals surface area contributed by atoms with Crippen molar-refractivity contribution in [3.63, 3.8) is 0 Å². The molecule has 0 saturated carbocycles. The number of pyridine rings is 1. The van der Waals surface area contributed by atoms with E-state index in [9.17, 15) is 4.79 Å². The smallest absolute Gasteiger partial charge is 0.255 e. The second-order valence-electron chi connectivity index (χ2n) is 6.91. The zero-order valence-corrected chi connectivity index (χ0v) is 15.8. The summed E-state index contributed by atoms with van der Waals surface area (Å²) in [5, 5.41) is 6.95. The van der Waals surface area contributed by atoms with Crippen LogP contribution in [0, 0.1) is 0 Å². The molecule has 0 radical (unpaired) electrons. The van der Waals surface area contributed by atoms with E-state index in [1.807, 2.05) is 24.3 Å². The van der Waals surface area contributed by atoms with Crippen molar-refractivity contribution >= 4 is 17.4 Å². The maximum absolute atomic E-state index is 12.5.